The number of guanidine groups is 1. The normalized spacial score (nSPS) is 15.9. The van der Waals surface area contributed by atoms with Crippen LogP contribution in [0.5, 0.6) is 0 Å². The molecule has 1 atom stereocenters. The molecule has 7 heteroatoms. The Bertz CT molecular complexity index is 808. The molecule has 0 saturated carbocycles. The number of rotatable bonds is 8. The Kier molecular flexibility index (Phi) is 10.6. The molecule has 162 valence electrons. The van der Waals surface area contributed by atoms with E-state index < -0.39 is 0 Å². The highest BCUT2D eigenvalue weighted by atomic mass is 127. The fraction of sp³-hybridized carbons (Fsp3) is 0.391. The van der Waals surface area contributed by atoms with Gasteiger partial charge >= 0.3 is 0 Å². The summed E-state index contributed by atoms with van der Waals surface area (Å²) in [6.45, 7) is 5.38. The molecule has 6 nitrogen and oxygen atoms in total. The molecule has 1 saturated heterocycles. The molecule has 30 heavy (non-hydrogen) atoms. The molecule has 1 amide bonds. The molecule has 0 radical (unpaired) electrons. The van der Waals surface area contributed by atoms with Crippen LogP contribution in [0.15, 0.2) is 59.6 Å². The average Bonchev–Trinajstić information content (AvgIpc) is 3.28. The number of carbonyl (C=O) groups excluding carboxylic acids is 1. The number of aliphatic imine (C=N–C) groups is 1. The van der Waals surface area contributed by atoms with Crippen LogP contribution >= 0.6 is 24.0 Å². The van der Waals surface area contributed by atoms with E-state index in [1.165, 1.54) is 5.56 Å². The Labute approximate surface area is 195 Å². The lowest BCUT2D eigenvalue weighted by molar-refractivity contribution is 0.0857. The molecule has 1 aliphatic rings. The minimum Gasteiger partial charge on any atom is -0.376 e. The molecule has 0 spiro atoms. The molecule has 0 bridgehead atoms. The third-order valence-electron chi connectivity index (χ3n) is 4.77. The predicted octanol–water partition coefficient (Wildman–Crippen LogP) is 3.47. The second-order valence-corrected chi connectivity index (χ2v) is 7.08. The van der Waals surface area contributed by atoms with Crippen LogP contribution in [0.4, 0.5) is 0 Å². The summed E-state index contributed by atoms with van der Waals surface area (Å²) in [4.78, 5) is 17.1. The Morgan fingerprint density at radius 1 is 1.07 bits per heavy atom. The van der Waals surface area contributed by atoms with Gasteiger partial charge in [-0.25, -0.2) is 4.99 Å². The number of halogens is 1. The van der Waals surface area contributed by atoms with E-state index in [0.717, 1.165) is 37.5 Å². The minimum atomic E-state index is -0.0690. The van der Waals surface area contributed by atoms with Crippen molar-refractivity contribution in [3.8, 4) is 0 Å². The van der Waals surface area contributed by atoms with Gasteiger partial charge < -0.3 is 20.7 Å². The fourth-order valence-electron chi connectivity index (χ4n) is 3.22. The lowest BCUT2D eigenvalue weighted by atomic mass is 10.1. The Hall–Kier alpha value is -2.13. The Morgan fingerprint density at radius 3 is 2.60 bits per heavy atom. The number of ether oxygens (including phenoxy) is 1. The van der Waals surface area contributed by atoms with Crippen LogP contribution in [0.2, 0.25) is 0 Å². The van der Waals surface area contributed by atoms with E-state index >= 15 is 0 Å². The first-order valence-electron chi connectivity index (χ1n) is 10.3. The molecule has 1 aliphatic heterocycles. The van der Waals surface area contributed by atoms with Gasteiger partial charge in [-0.2, -0.15) is 0 Å². The number of hydrogen-bond acceptors (Lipinski definition) is 3. The van der Waals surface area contributed by atoms with Crippen molar-refractivity contribution in [3.63, 3.8) is 0 Å². The van der Waals surface area contributed by atoms with Crippen LogP contribution in [0.25, 0.3) is 0 Å². The molecular weight excluding hydrogens is 491 g/mol. The lowest BCUT2D eigenvalue weighted by Gasteiger charge is -2.12. The van der Waals surface area contributed by atoms with Crippen molar-refractivity contribution < 1.29 is 9.53 Å². The van der Waals surface area contributed by atoms with Crippen molar-refractivity contribution in [1.29, 1.82) is 0 Å². The molecule has 1 unspecified atom stereocenters. The van der Waals surface area contributed by atoms with Crippen LogP contribution in [-0.2, 0) is 17.8 Å². The van der Waals surface area contributed by atoms with Gasteiger partial charge in [0.2, 0.25) is 0 Å². The lowest BCUT2D eigenvalue weighted by Crippen LogP contribution is -2.36. The second-order valence-electron chi connectivity index (χ2n) is 7.08. The summed E-state index contributed by atoms with van der Waals surface area (Å²) in [7, 11) is 0. The molecule has 3 N–H and O–H groups in total. The highest BCUT2D eigenvalue weighted by Crippen LogP contribution is 2.11. The summed E-state index contributed by atoms with van der Waals surface area (Å²) in [6.07, 6.45) is 2.23. The van der Waals surface area contributed by atoms with Gasteiger partial charge in [0, 0.05) is 31.8 Å². The van der Waals surface area contributed by atoms with Gasteiger partial charge in [-0.1, -0.05) is 42.5 Å². The third-order valence-corrected chi connectivity index (χ3v) is 4.77. The van der Waals surface area contributed by atoms with E-state index in [1.807, 2.05) is 49.4 Å². The van der Waals surface area contributed by atoms with Crippen LogP contribution in [-0.4, -0.2) is 37.7 Å². The summed E-state index contributed by atoms with van der Waals surface area (Å²) < 4.78 is 5.56. The van der Waals surface area contributed by atoms with E-state index in [1.54, 1.807) is 0 Å². The van der Waals surface area contributed by atoms with Crippen LogP contribution in [0.1, 0.15) is 41.3 Å². The number of nitrogens with zero attached hydrogens (tertiary/aromatic N) is 1. The first-order chi connectivity index (χ1) is 14.2. The maximum Gasteiger partial charge on any atom is 0.251 e. The van der Waals surface area contributed by atoms with Crippen LogP contribution in [0.3, 0.4) is 0 Å². The van der Waals surface area contributed by atoms with Crippen LogP contribution < -0.4 is 16.0 Å². The summed E-state index contributed by atoms with van der Waals surface area (Å²) >= 11 is 0. The van der Waals surface area contributed by atoms with Crippen molar-refractivity contribution in [2.45, 2.75) is 39.0 Å². The van der Waals surface area contributed by atoms with Gasteiger partial charge in [0.25, 0.3) is 5.91 Å². The number of amides is 1. The van der Waals surface area contributed by atoms with Gasteiger partial charge in [-0.15, -0.1) is 24.0 Å². The summed E-state index contributed by atoms with van der Waals surface area (Å²) in [5.41, 5.74) is 2.84. The molecular formula is C23H31IN4O2. The van der Waals surface area contributed by atoms with Crippen molar-refractivity contribution >= 4 is 35.8 Å². The first kappa shape index (κ1) is 24.1. The SMILES string of the molecule is CCNC(=NCc1cccc(C(=O)NCC2CCCO2)c1)NCc1ccccc1.I. The third kappa shape index (κ3) is 7.95. The van der Waals surface area contributed by atoms with Crippen molar-refractivity contribution in [2.24, 2.45) is 4.99 Å². The fourth-order valence-corrected chi connectivity index (χ4v) is 3.22. The number of nitrogens with one attached hydrogen (secondary N) is 3. The van der Waals surface area contributed by atoms with Gasteiger partial charge in [0.15, 0.2) is 5.96 Å². The molecule has 1 fully saturated rings. The standard InChI is InChI=1S/C23H30N4O2.HI/c1-2-24-23(26-15-18-8-4-3-5-9-18)27-16-19-10-6-11-20(14-19)22(28)25-17-21-12-7-13-29-21;/h3-6,8-11,14,21H,2,7,12-13,15-17H2,1H3,(H,25,28)(H2,24,26,27);1H. The maximum atomic E-state index is 12.4. The zero-order chi connectivity index (χ0) is 20.3. The molecule has 1 heterocycles. The van der Waals surface area contributed by atoms with Gasteiger partial charge in [-0.3, -0.25) is 4.79 Å². The summed E-state index contributed by atoms with van der Waals surface area (Å²) in [5, 5.41) is 9.57. The number of benzene rings is 2. The maximum absolute atomic E-state index is 12.4. The highest BCUT2D eigenvalue weighted by molar-refractivity contribution is 14.0. The summed E-state index contributed by atoms with van der Waals surface area (Å²) in [6, 6.07) is 17.8. The number of hydrogen-bond donors (Lipinski definition) is 3. The zero-order valence-electron chi connectivity index (χ0n) is 17.4. The van der Waals surface area contributed by atoms with E-state index in [0.29, 0.717) is 25.2 Å². The van der Waals surface area contributed by atoms with E-state index in [9.17, 15) is 4.79 Å². The summed E-state index contributed by atoms with van der Waals surface area (Å²) in [5.74, 6) is 0.685. The Morgan fingerprint density at radius 2 is 1.87 bits per heavy atom. The predicted molar refractivity (Wildman–Crippen MR) is 131 cm³/mol. The van der Waals surface area contributed by atoms with E-state index in [-0.39, 0.29) is 36.0 Å². The first-order valence-corrected chi connectivity index (χ1v) is 10.3. The largest absolute Gasteiger partial charge is 0.376 e. The van der Waals surface area contributed by atoms with Crippen molar-refractivity contribution in [3.05, 3.63) is 71.3 Å². The second kappa shape index (κ2) is 13.2. The topological polar surface area (TPSA) is 74.8 Å². The van der Waals surface area contributed by atoms with Crippen LogP contribution in [0, 0.1) is 0 Å². The molecule has 0 aliphatic carbocycles. The molecule has 2 aromatic carbocycles. The highest BCUT2D eigenvalue weighted by Gasteiger charge is 2.16. The van der Waals surface area contributed by atoms with Crippen molar-refractivity contribution in [2.75, 3.05) is 19.7 Å². The van der Waals surface area contributed by atoms with E-state index in [2.05, 4.69) is 33.1 Å². The smallest absolute Gasteiger partial charge is 0.251 e. The quantitative estimate of drug-likeness (QED) is 0.282. The number of carbonyl (C=O) groups is 1. The van der Waals surface area contributed by atoms with E-state index in [4.69, 9.17) is 4.74 Å². The van der Waals surface area contributed by atoms with Gasteiger partial charge in [-0.05, 0) is 43.0 Å². The monoisotopic (exact) mass is 522 g/mol. The molecule has 3 rings (SSSR count). The van der Waals surface area contributed by atoms with Gasteiger partial charge in [0.05, 0.1) is 12.6 Å². The molecule has 2 aromatic rings. The molecule has 0 aromatic heterocycles. The minimum absolute atomic E-state index is 0. The Balaban J connectivity index is 0.00000320. The zero-order valence-corrected chi connectivity index (χ0v) is 19.7. The average molecular weight is 522 g/mol. The van der Waals surface area contributed by atoms with Crippen molar-refractivity contribution in [1.82, 2.24) is 16.0 Å². The van der Waals surface area contributed by atoms with Gasteiger partial charge in [0.1, 0.15) is 0 Å².